The molecule has 0 aliphatic rings. The van der Waals surface area contributed by atoms with Gasteiger partial charge in [0.25, 0.3) is 0 Å². The molecular weight excluding hydrogens is 502 g/mol. The van der Waals surface area contributed by atoms with Gasteiger partial charge in [0, 0.05) is 17.5 Å². The molecular formula is C30H34F6N2. The molecule has 0 aliphatic carbocycles. The Bertz CT molecular complexity index is 1160. The molecule has 0 radical (unpaired) electrons. The lowest BCUT2D eigenvalue weighted by Crippen LogP contribution is -2.14. The minimum Gasteiger partial charge on any atom is -0.344 e. The van der Waals surface area contributed by atoms with E-state index in [1.807, 2.05) is 26.0 Å². The number of halogens is 6. The molecule has 0 atom stereocenters. The zero-order chi connectivity index (χ0) is 28.5. The van der Waals surface area contributed by atoms with Crippen LogP contribution in [0.3, 0.4) is 0 Å². The molecule has 0 bridgehead atoms. The van der Waals surface area contributed by atoms with Crippen molar-refractivity contribution < 1.29 is 26.3 Å². The fraction of sp³-hybridized carbons (Fsp3) is 0.367. The Balaban J connectivity index is 2.55. The summed E-state index contributed by atoms with van der Waals surface area (Å²) in [5, 5.41) is 2.60. The fourth-order valence-corrected chi connectivity index (χ4v) is 3.79. The predicted octanol–water partition coefficient (Wildman–Crippen LogP) is 10.2. The van der Waals surface area contributed by atoms with Crippen molar-refractivity contribution in [3.05, 3.63) is 94.2 Å². The molecule has 2 rings (SSSR count). The Hall–Kier alpha value is -3.29. The molecule has 0 saturated heterocycles. The second-order valence-electron chi connectivity index (χ2n) is 8.93. The summed E-state index contributed by atoms with van der Waals surface area (Å²) >= 11 is 0. The first-order valence-electron chi connectivity index (χ1n) is 12.6. The lowest BCUT2D eigenvalue weighted by molar-refractivity contribution is -0.143. The highest BCUT2D eigenvalue weighted by atomic mass is 19.4. The van der Waals surface area contributed by atoms with E-state index < -0.39 is 23.5 Å². The van der Waals surface area contributed by atoms with Crippen LogP contribution >= 0.6 is 0 Å². The number of aryl methyl sites for hydroxylation is 1. The van der Waals surface area contributed by atoms with Gasteiger partial charge in [-0.25, -0.2) is 4.99 Å². The standard InChI is InChI=1S/C30H34F6N2/c1-6-9-11-20(4)28(27(10-7-2)23-14-12-22(8-3)13-15-23)19-37-21(5)38-26-17-24(29(31,32)33)16-25(18-26)30(34,35)36/h10-19H,6-9H2,1-5H3,(H,37,38)/b20-11+,27-10-,28-19+. The number of unbranched alkanes of at least 4 members (excludes halogenated alkanes) is 1. The summed E-state index contributed by atoms with van der Waals surface area (Å²) in [6, 6.07) is 9.58. The number of nitrogens with one attached hydrogen (secondary N) is 1. The van der Waals surface area contributed by atoms with E-state index in [-0.39, 0.29) is 17.6 Å². The van der Waals surface area contributed by atoms with Gasteiger partial charge in [0.2, 0.25) is 0 Å². The zero-order valence-corrected chi connectivity index (χ0v) is 22.3. The van der Waals surface area contributed by atoms with E-state index in [1.165, 1.54) is 12.5 Å². The maximum Gasteiger partial charge on any atom is 0.416 e. The molecule has 38 heavy (non-hydrogen) atoms. The summed E-state index contributed by atoms with van der Waals surface area (Å²) in [5.41, 5.74) is 1.82. The van der Waals surface area contributed by atoms with Gasteiger partial charge in [0.05, 0.1) is 11.1 Å². The van der Waals surface area contributed by atoms with Crippen LogP contribution in [0.2, 0.25) is 0 Å². The van der Waals surface area contributed by atoms with Gasteiger partial charge >= 0.3 is 12.4 Å². The number of allylic oxidation sites excluding steroid dienone is 5. The molecule has 0 saturated carbocycles. The highest BCUT2D eigenvalue weighted by Gasteiger charge is 2.37. The van der Waals surface area contributed by atoms with Crippen LogP contribution in [0.4, 0.5) is 32.0 Å². The van der Waals surface area contributed by atoms with Crippen molar-refractivity contribution in [2.75, 3.05) is 5.32 Å². The number of hydrogen-bond acceptors (Lipinski definition) is 1. The van der Waals surface area contributed by atoms with Gasteiger partial charge in [0.1, 0.15) is 5.84 Å². The van der Waals surface area contributed by atoms with Crippen LogP contribution < -0.4 is 5.32 Å². The van der Waals surface area contributed by atoms with Crippen LogP contribution in [0.15, 0.2) is 77.0 Å². The van der Waals surface area contributed by atoms with E-state index in [0.29, 0.717) is 12.1 Å². The SMILES string of the molecule is CC\C=C(C(=C/N=C(C)Nc1cc(C(F)(F)F)cc(C(F)(F)F)c1)/C(C)=C/CCC)\c1ccc(CC)cc1. The summed E-state index contributed by atoms with van der Waals surface area (Å²) in [7, 11) is 0. The van der Waals surface area contributed by atoms with Crippen LogP contribution in [-0.2, 0) is 18.8 Å². The zero-order valence-electron chi connectivity index (χ0n) is 22.3. The number of alkyl halides is 6. The summed E-state index contributed by atoms with van der Waals surface area (Å²) in [6.45, 7) is 9.62. The van der Waals surface area contributed by atoms with Gasteiger partial charge in [0.15, 0.2) is 0 Å². The van der Waals surface area contributed by atoms with Crippen molar-refractivity contribution in [1.82, 2.24) is 0 Å². The third-order valence-electron chi connectivity index (χ3n) is 5.84. The number of nitrogens with zero attached hydrogens (tertiary/aromatic N) is 1. The van der Waals surface area contributed by atoms with E-state index in [1.54, 1.807) is 6.20 Å². The summed E-state index contributed by atoms with van der Waals surface area (Å²) in [5.74, 6) is 0.149. The smallest absolute Gasteiger partial charge is 0.344 e. The maximum atomic E-state index is 13.2. The Morgan fingerprint density at radius 3 is 1.89 bits per heavy atom. The van der Waals surface area contributed by atoms with Gasteiger partial charge in [-0.1, -0.05) is 63.6 Å². The lowest BCUT2D eigenvalue weighted by atomic mass is 9.91. The van der Waals surface area contributed by atoms with Gasteiger partial charge in [-0.05, 0) is 73.6 Å². The predicted molar refractivity (Wildman–Crippen MR) is 144 cm³/mol. The van der Waals surface area contributed by atoms with Gasteiger partial charge in [-0.3, -0.25) is 0 Å². The van der Waals surface area contributed by atoms with Crippen molar-refractivity contribution in [1.29, 1.82) is 0 Å². The van der Waals surface area contributed by atoms with E-state index in [0.717, 1.165) is 48.0 Å². The van der Waals surface area contributed by atoms with Crippen LogP contribution in [0, 0.1) is 0 Å². The number of amidine groups is 1. The second-order valence-corrected chi connectivity index (χ2v) is 8.93. The third-order valence-corrected chi connectivity index (χ3v) is 5.84. The quantitative estimate of drug-likeness (QED) is 0.147. The van der Waals surface area contributed by atoms with Crippen molar-refractivity contribution in [2.45, 2.75) is 72.7 Å². The minimum absolute atomic E-state index is 0.100. The van der Waals surface area contributed by atoms with E-state index in [2.05, 4.69) is 48.4 Å². The molecule has 0 unspecified atom stereocenters. The number of aliphatic imine (C=N–C) groups is 1. The van der Waals surface area contributed by atoms with E-state index >= 15 is 0 Å². The topological polar surface area (TPSA) is 24.4 Å². The average molecular weight is 537 g/mol. The first-order chi connectivity index (χ1) is 17.8. The molecule has 0 heterocycles. The molecule has 0 aliphatic heterocycles. The Morgan fingerprint density at radius 1 is 0.842 bits per heavy atom. The van der Waals surface area contributed by atoms with Crippen molar-refractivity contribution in [3.63, 3.8) is 0 Å². The highest BCUT2D eigenvalue weighted by molar-refractivity contribution is 5.94. The molecule has 2 aromatic rings. The van der Waals surface area contributed by atoms with Crippen LogP contribution in [0.1, 0.15) is 76.1 Å². The molecule has 0 aromatic heterocycles. The summed E-state index contributed by atoms with van der Waals surface area (Å²) in [4.78, 5) is 4.39. The third kappa shape index (κ3) is 8.92. The molecule has 2 aromatic carbocycles. The lowest BCUT2D eigenvalue weighted by Gasteiger charge is -2.16. The first kappa shape index (κ1) is 30.9. The fourth-order valence-electron chi connectivity index (χ4n) is 3.79. The molecule has 0 amide bonds. The number of hydrogen-bond donors (Lipinski definition) is 1. The van der Waals surface area contributed by atoms with Crippen molar-refractivity contribution in [2.24, 2.45) is 4.99 Å². The number of rotatable bonds is 9. The van der Waals surface area contributed by atoms with Crippen LogP contribution in [-0.4, -0.2) is 5.84 Å². The van der Waals surface area contributed by atoms with E-state index in [4.69, 9.17) is 0 Å². The Morgan fingerprint density at radius 2 is 1.42 bits per heavy atom. The normalized spacial score (nSPS) is 14.2. The number of benzene rings is 2. The van der Waals surface area contributed by atoms with Gasteiger partial charge in [-0.15, -0.1) is 0 Å². The summed E-state index contributed by atoms with van der Waals surface area (Å²) < 4.78 is 79.4. The van der Waals surface area contributed by atoms with E-state index in [9.17, 15) is 26.3 Å². The highest BCUT2D eigenvalue weighted by Crippen LogP contribution is 2.37. The van der Waals surface area contributed by atoms with Crippen molar-refractivity contribution >= 4 is 17.1 Å². The average Bonchev–Trinajstić information content (AvgIpc) is 2.85. The second kappa shape index (κ2) is 13.5. The summed E-state index contributed by atoms with van der Waals surface area (Å²) in [6.07, 6.45) is -0.605. The molecule has 206 valence electrons. The van der Waals surface area contributed by atoms with Crippen LogP contribution in [0.25, 0.3) is 5.57 Å². The molecule has 0 spiro atoms. The molecule has 2 nitrogen and oxygen atoms in total. The van der Waals surface area contributed by atoms with Gasteiger partial charge < -0.3 is 5.32 Å². The largest absolute Gasteiger partial charge is 0.416 e. The molecule has 0 fully saturated rings. The molecule has 8 heteroatoms. The minimum atomic E-state index is -4.93. The Labute approximate surface area is 220 Å². The molecule has 1 N–H and O–H groups in total. The van der Waals surface area contributed by atoms with Gasteiger partial charge in [-0.2, -0.15) is 26.3 Å². The maximum absolute atomic E-state index is 13.2. The Kier molecular flexibility index (Phi) is 11.0. The number of anilines is 1. The monoisotopic (exact) mass is 536 g/mol. The van der Waals surface area contributed by atoms with Crippen LogP contribution in [0.5, 0.6) is 0 Å². The first-order valence-corrected chi connectivity index (χ1v) is 12.6. The van der Waals surface area contributed by atoms with Crippen molar-refractivity contribution in [3.8, 4) is 0 Å².